The number of likely N-dealkylation sites (N-methyl/N-ethyl adjacent to an activating group) is 1. The molecule has 2 aromatic carbocycles. The summed E-state index contributed by atoms with van der Waals surface area (Å²) in [4.78, 5) is 31.9. The van der Waals surface area contributed by atoms with Crippen LogP contribution < -0.4 is 15.5 Å². The van der Waals surface area contributed by atoms with E-state index in [4.69, 9.17) is 15.0 Å². The second kappa shape index (κ2) is 10.8. The molecule has 38 heavy (non-hydrogen) atoms. The van der Waals surface area contributed by atoms with Gasteiger partial charge in [-0.3, -0.25) is 9.89 Å². The molecule has 194 valence electrons. The van der Waals surface area contributed by atoms with Crippen LogP contribution in [0.25, 0.3) is 11.3 Å². The number of rotatable bonds is 8. The van der Waals surface area contributed by atoms with Crippen molar-refractivity contribution in [3.63, 3.8) is 0 Å². The van der Waals surface area contributed by atoms with Gasteiger partial charge in [-0.25, -0.2) is 0 Å². The summed E-state index contributed by atoms with van der Waals surface area (Å²) < 4.78 is 0. The monoisotopic (exact) mass is 527 g/mol. The molecule has 1 aliphatic carbocycles. The van der Waals surface area contributed by atoms with E-state index in [1.54, 1.807) is 0 Å². The van der Waals surface area contributed by atoms with Gasteiger partial charge in [-0.05, 0) is 55.4 Å². The number of anilines is 4. The van der Waals surface area contributed by atoms with Crippen LogP contribution in [0.1, 0.15) is 12.8 Å². The van der Waals surface area contributed by atoms with E-state index in [0.29, 0.717) is 22.9 Å². The first kappa shape index (κ1) is 24.4. The Hall–Kier alpha value is -3.96. The molecular formula is C27H29N9OS. The minimum atomic E-state index is 0.0880. The van der Waals surface area contributed by atoms with Crippen molar-refractivity contribution in [1.82, 2.24) is 30.0 Å². The maximum Gasteiger partial charge on any atom is 0.234 e. The van der Waals surface area contributed by atoms with E-state index in [9.17, 15) is 4.79 Å². The maximum absolute atomic E-state index is 12.2. The normalized spacial score (nSPS) is 15.9. The fourth-order valence-corrected chi connectivity index (χ4v) is 5.00. The third-order valence-electron chi connectivity index (χ3n) is 6.55. The molecule has 2 fully saturated rings. The second-order valence-corrected chi connectivity index (χ2v) is 10.6. The Labute approximate surface area is 225 Å². The quantitative estimate of drug-likeness (QED) is 0.309. The summed E-state index contributed by atoms with van der Waals surface area (Å²) in [5.41, 5.74) is 2.73. The predicted octanol–water partition coefficient (Wildman–Crippen LogP) is 4.26. The summed E-state index contributed by atoms with van der Waals surface area (Å²) in [5, 5.41) is 14.3. The van der Waals surface area contributed by atoms with Crippen LogP contribution in [0.4, 0.5) is 23.4 Å². The lowest BCUT2D eigenvalue weighted by molar-refractivity contribution is -0.117. The summed E-state index contributed by atoms with van der Waals surface area (Å²) in [5.74, 6) is 1.93. The molecule has 0 atom stereocenters. The number of H-pyrrole nitrogens is 1. The molecule has 4 aromatic rings. The summed E-state index contributed by atoms with van der Waals surface area (Å²) in [6.07, 6.45) is 1.94. The highest BCUT2D eigenvalue weighted by molar-refractivity contribution is 7.99. The summed E-state index contributed by atoms with van der Waals surface area (Å²) >= 11 is 1.44. The van der Waals surface area contributed by atoms with Crippen molar-refractivity contribution in [2.45, 2.75) is 22.9 Å². The molecular weight excluding hydrogens is 498 g/mol. The highest BCUT2D eigenvalue weighted by atomic mass is 32.2. The topological polar surface area (TPSA) is 115 Å². The molecule has 2 aromatic heterocycles. The van der Waals surface area contributed by atoms with E-state index in [1.165, 1.54) is 11.8 Å². The molecule has 1 saturated carbocycles. The van der Waals surface area contributed by atoms with Crippen molar-refractivity contribution in [2.24, 2.45) is 5.92 Å². The number of hydrogen-bond acceptors (Lipinski definition) is 9. The lowest BCUT2D eigenvalue weighted by atomic mass is 10.2. The first-order valence-electron chi connectivity index (χ1n) is 12.8. The molecule has 0 spiro atoms. The number of amides is 1. The molecule has 3 heterocycles. The van der Waals surface area contributed by atoms with Gasteiger partial charge in [-0.2, -0.15) is 20.1 Å². The molecule has 1 aliphatic heterocycles. The summed E-state index contributed by atoms with van der Waals surface area (Å²) in [6, 6.07) is 19.8. The summed E-state index contributed by atoms with van der Waals surface area (Å²) in [6.45, 7) is 3.57. The molecule has 6 rings (SSSR count). The van der Waals surface area contributed by atoms with Gasteiger partial charge in [0.25, 0.3) is 0 Å². The van der Waals surface area contributed by atoms with E-state index in [0.717, 1.165) is 60.9 Å². The number of carbonyl (C=O) groups excluding carboxylic acids is 1. The highest BCUT2D eigenvalue weighted by Crippen LogP contribution is 2.32. The minimum absolute atomic E-state index is 0.0880. The molecule has 0 unspecified atom stereocenters. The van der Waals surface area contributed by atoms with Gasteiger partial charge in [0.2, 0.25) is 17.8 Å². The van der Waals surface area contributed by atoms with Crippen LogP contribution in [0.2, 0.25) is 0 Å². The Kier molecular flexibility index (Phi) is 6.93. The number of nitrogens with zero attached hydrogens (tertiary/aromatic N) is 6. The van der Waals surface area contributed by atoms with Crippen LogP contribution in [-0.4, -0.2) is 69.2 Å². The van der Waals surface area contributed by atoms with Gasteiger partial charge in [-0.15, -0.1) is 0 Å². The van der Waals surface area contributed by atoms with Gasteiger partial charge in [0, 0.05) is 48.7 Å². The van der Waals surface area contributed by atoms with Crippen LogP contribution in [0.15, 0.2) is 70.7 Å². The van der Waals surface area contributed by atoms with E-state index in [-0.39, 0.29) is 11.8 Å². The van der Waals surface area contributed by atoms with Crippen LogP contribution in [0, 0.1) is 5.92 Å². The van der Waals surface area contributed by atoms with Crippen molar-refractivity contribution in [2.75, 3.05) is 48.8 Å². The average Bonchev–Trinajstić information content (AvgIpc) is 3.69. The Morgan fingerprint density at radius 2 is 1.79 bits per heavy atom. The number of nitrogens with one attached hydrogen (secondary N) is 3. The molecule has 0 radical (unpaired) electrons. The first-order valence-corrected chi connectivity index (χ1v) is 13.6. The predicted molar refractivity (Wildman–Crippen MR) is 149 cm³/mol. The van der Waals surface area contributed by atoms with Crippen molar-refractivity contribution in [3.05, 3.63) is 60.7 Å². The fourth-order valence-electron chi connectivity index (χ4n) is 4.19. The zero-order valence-electron chi connectivity index (χ0n) is 21.1. The third-order valence-corrected chi connectivity index (χ3v) is 7.41. The number of piperazine rings is 1. The molecule has 11 heteroatoms. The van der Waals surface area contributed by atoms with Gasteiger partial charge < -0.3 is 20.4 Å². The number of benzene rings is 2. The van der Waals surface area contributed by atoms with Gasteiger partial charge in [0.1, 0.15) is 0 Å². The number of carbonyl (C=O) groups is 1. The van der Waals surface area contributed by atoms with E-state index in [1.807, 2.05) is 60.7 Å². The third kappa shape index (κ3) is 5.95. The van der Waals surface area contributed by atoms with Gasteiger partial charge in [-0.1, -0.05) is 36.4 Å². The molecule has 2 aliphatic rings. The molecule has 1 saturated heterocycles. The minimum Gasteiger partial charge on any atom is -0.338 e. The van der Waals surface area contributed by atoms with E-state index >= 15 is 0 Å². The Bertz CT molecular complexity index is 1420. The zero-order valence-corrected chi connectivity index (χ0v) is 21.9. The fraction of sp³-hybridized carbons (Fsp3) is 0.296. The zero-order chi connectivity index (χ0) is 25.9. The van der Waals surface area contributed by atoms with Crippen LogP contribution >= 0.6 is 11.8 Å². The lowest BCUT2D eigenvalue weighted by Gasteiger charge is -2.32. The summed E-state index contributed by atoms with van der Waals surface area (Å²) in [7, 11) is 2.12. The van der Waals surface area contributed by atoms with Gasteiger partial charge in [0.05, 0.1) is 5.69 Å². The second-order valence-electron chi connectivity index (χ2n) is 9.58. The maximum atomic E-state index is 12.2. The molecule has 3 N–H and O–H groups in total. The van der Waals surface area contributed by atoms with Crippen LogP contribution in [-0.2, 0) is 4.79 Å². The van der Waals surface area contributed by atoms with Crippen LogP contribution in [0.5, 0.6) is 0 Å². The lowest BCUT2D eigenvalue weighted by Crippen LogP contribution is -2.45. The SMILES string of the molecule is CN1CCN(c2nc(Nc3cc(-c4ccccc4)[nH]n3)nc(Sc3cccc(NC(=O)C4CC4)c3)n2)CC1. The molecule has 10 nitrogen and oxygen atoms in total. The van der Waals surface area contributed by atoms with E-state index < -0.39 is 0 Å². The van der Waals surface area contributed by atoms with Crippen molar-refractivity contribution in [3.8, 4) is 11.3 Å². The van der Waals surface area contributed by atoms with Gasteiger partial charge >= 0.3 is 0 Å². The average molecular weight is 528 g/mol. The Balaban J connectivity index is 1.25. The smallest absolute Gasteiger partial charge is 0.234 e. The van der Waals surface area contributed by atoms with Crippen molar-refractivity contribution in [1.29, 1.82) is 0 Å². The number of aromatic nitrogens is 5. The van der Waals surface area contributed by atoms with Crippen LogP contribution in [0.3, 0.4) is 0 Å². The molecule has 0 bridgehead atoms. The largest absolute Gasteiger partial charge is 0.338 e. The number of aromatic amines is 1. The first-order chi connectivity index (χ1) is 18.6. The Morgan fingerprint density at radius 1 is 0.974 bits per heavy atom. The van der Waals surface area contributed by atoms with Crippen molar-refractivity contribution >= 4 is 41.1 Å². The highest BCUT2D eigenvalue weighted by Gasteiger charge is 2.29. The van der Waals surface area contributed by atoms with Gasteiger partial charge in [0.15, 0.2) is 11.0 Å². The standard InChI is InChI=1S/C27H29N9OS/c1-35-12-14-36(15-13-35)26-30-25(29-23-17-22(33-34-23)18-6-3-2-4-7-18)31-27(32-26)38-21-9-5-8-20(16-21)28-24(37)19-10-11-19/h2-9,16-17,19H,10-15H2,1H3,(H,28,37)(H2,29,30,31,32,33,34). The van der Waals surface area contributed by atoms with Crippen molar-refractivity contribution < 1.29 is 4.79 Å². The number of hydrogen-bond donors (Lipinski definition) is 3. The Morgan fingerprint density at radius 3 is 2.58 bits per heavy atom. The molecule has 1 amide bonds. The van der Waals surface area contributed by atoms with E-state index in [2.05, 4.69) is 37.7 Å².